The zero-order chi connectivity index (χ0) is 22.5. The van der Waals surface area contributed by atoms with E-state index >= 15 is 0 Å². The highest BCUT2D eigenvalue weighted by Gasteiger charge is 2.25. The van der Waals surface area contributed by atoms with Gasteiger partial charge >= 0.3 is 0 Å². The summed E-state index contributed by atoms with van der Waals surface area (Å²) in [5.41, 5.74) is 9.87. The third-order valence-electron chi connectivity index (χ3n) is 5.89. The van der Waals surface area contributed by atoms with Crippen molar-refractivity contribution in [3.8, 4) is 0 Å². The first-order valence-corrected chi connectivity index (χ1v) is 10.7. The van der Waals surface area contributed by atoms with Gasteiger partial charge in [0.05, 0.1) is 0 Å². The van der Waals surface area contributed by atoms with Crippen molar-refractivity contribution in [1.82, 2.24) is 10.2 Å². The van der Waals surface area contributed by atoms with E-state index in [4.69, 9.17) is 5.73 Å². The zero-order valence-corrected chi connectivity index (χ0v) is 18.7. The van der Waals surface area contributed by atoms with Crippen molar-refractivity contribution in [1.29, 1.82) is 0 Å². The number of aryl methyl sites for hydroxylation is 1. The summed E-state index contributed by atoms with van der Waals surface area (Å²) < 4.78 is 27.6. The van der Waals surface area contributed by atoms with Crippen LogP contribution in [0.2, 0.25) is 0 Å². The molecule has 6 heteroatoms. The number of hydrogen-bond donors (Lipinski definition) is 2. The van der Waals surface area contributed by atoms with E-state index in [1.807, 2.05) is 11.8 Å². The molecule has 1 saturated heterocycles. The van der Waals surface area contributed by atoms with Crippen molar-refractivity contribution in [2.75, 3.05) is 13.1 Å². The lowest BCUT2D eigenvalue weighted by atomic mass is 9.97. The van der Waals surface area contributed by atoms with Gasteiger partial charge in [-0.25, -0.2) is 8.78 Å². The maximum absolute atomic E-state index is 13.8. The first-order valence-electron chi connectivity index (χ1n) is 10.7. The van der Waals surface area contributed by atoms with E-state index in [1.165, 1.54) is 6.07 Å². The molecular weight excluding hydrogens is 384 g/mol. The molecule has 3 N–H and O–H groups in total. The fourth-order valence-corrected chi connectivity index (χ4v) is 3.64. The molecule has 1 heterocycles. The van der Waals surface area contributed by atoms with Crippen LogP contribution in [0.5, 0.6) is 0 Å². The SMILES string of the molecule is C=C(NCc1cc(C(C)(F)F)ccc1CCC)/C(C)=C(\C)C(=O)N1CCC(N)CC1. The molecule has 0 spiro atoms. The number of nitrogens with one attached hydrogen (secondary N) is 1. The van der Waals surface area contributed by atoms with Crippen LogP contribution in [0, 0.1) is 0 Å². The van der Waals surface area contributed by atoms with Crippen LogP contribution >= 0.6 is 0 Å². The number of rotatable bonds is 8. The van der Waals surface area contributed by atoms with Gasteiger partial charge in [0.1, 0.15) is 0 Å². The largest absolute Gasteiger partial charge is 0.381 e. The Balaban J connectivity index is 2.11. The van der Waals surface area contributed by atoms with Gasteiger partial charge in [0.25, 0.3) is 5.92 Å². The number of benzene rings is 1. The summed E-state index contributed by atoms with van der Waals surface area (Å²) in [5.74, 6) is -2.88. The molecule has 0 radical (unpaired) electrons. The van der Waals surface area contributed by atoms with E-state index in [2.05, 4.69) is 18.8 Å². The number of alkyl halides is 2. The molecule has 0 bridgehead atoms. The van der Waals surface area contributed by atoms with Crippen LogP contribution in [0.25, 0.3) is 0 Å². The highest BCUT2D eigenvalue weighted by Crippen LogP contribution is 2.29. The van der Waals surface area contributed by atoms with Crippen molar-refractivity contribution in [3.63, 3.8) is 0 Å². The molecule has 1 amide bonds. The summed E-state index contributed by atoms with van der Waals surface area (Å²) in [6.45, 7) is 12.4. The Kier molecular flexibility index (Phi) is 8.18. The first kappa shape index (κ1) is 24.1. The average molecular weight is 420 g/mol. The fraction of sp³-hybridized carbons (Fsp3) is 0.542. The quantitative estimate of drug-likeness (QED) is 0.477. The van der Waals surface area contributed by atoms with Gasteiger partial charge < -0.3 is 16.0 Å². The maximum Gasteiger partial charge on any atom is 0.270 e. The minimum Gasteiger partial charge on any atom is -0.381 e. The molecule has 0 saturated carbocycles. The molecular formula is C24H35F2N3O. The fourth-order valence-electron chi connectivity index (χ4n) is 3.64. The van der Waals surface area contributed by atoms with Gasteiger partial charge in [-0.2, -0.15) is 0 Å². The van der Waals surface area contributed by atoms with Crippen LogP contribution in [0.4, 0.5) is 8.78 Å². The molecule has 1 aliphatic rings. The average Bonchev–Trinajstić information content (AvgIpc) is 2.71. The first-order chi connectivity index (χ1) is 14.0. The summed E-state index contributed by atoms with van der Waals surface area (Å²) in [7, 11) is 0. The molecule has 0 aliphatic carbocycles. The second-order valence-electron chi connectivity index (χ2n) is 8.33. The molecule has 1 fully saturated rings. The van der Waals surface area contributed by atoms with Crippen LogP contribution in [0.1, 0.15) is 63.6 Å². The number of hydrogen-bond acceptors (Lipinski definition) is 3. The van der Waals surface area contributed by atoms with Gasteiger partial charge in [0.2, 0.25) is 5.91 Å². The van der Waals surface area contributed by atoms with Crippen molar-refractivity contribution in [3.05, 3.63) is 58.3 Å². The summed E-state index contributed by atoms with van der Waals surface area (Å²) in [6, 6.07) is 5.02. The van der Waals surface area contributed by atoms with Gasteiger partial charge in [-0.3, -0.25) is 4.79 Å². The summed E-state index contributed by atoms with van der Waals surface area (Å²) >= 11 is 0. The summed E-state index contributed by atoms with van der Waals surface area (Å²) in [6.07, 6.45) is 3.38. The van der Waals surface area contributed by atoms with Crippen molar-refractivity contribution in [2.45, 2.75) is 71.9 Å². The molecule has 1 aromatic rings. The number of likely N-dealkylation sites (tertiary alicyclic amines) is 1. The van der Waals surface area contributed by atoms with Gasteiger partial charge in [-0.05, 0) is 55.9 Å². The predicted molar refractivity (Wildman–Crippen MR) is 118 cm³/mol. The van der Waals surface area contributed by atoms with Crippen molar-refractivity contribution < 1.29 is 13.6 Å². The normalized spacial score (nSPS) is 16.3. The van der Waals surface area contributed by atoms with E-state index < -0.39 is 5.92 Å². The van der Waals surface area contributed by atoms with Gasteiger partial charge in [0, 0.05) is 49.4 Å². The Bertz CT molecular complexity index is 803. The molecule has 0 atom stereocenters. The number of nitrogens with two attached hydrogens (primary N) is 1. The van der Waals surface area contributed by atoms with Crippen LogP contribution < -0.4 is 11.1 Å². The van der Waals surface area contributed by atoms with E-state index in [-0.39, 0.29) is 17.5 Å². The lowest BCUT2D eigenvalue weighted by Gasteiger charge is -2.31. The molecule has 1 aromatic carbocycles. The van der Waals surface area contributed by atoms with Crippen LogP contribution in [0.3, 0.4) is 0 Å². The molecule has 166 valence electrons. The highest BCUT2D eigenvalue weighted by atomic mass is 19.3. The Labute approximate surface area is 179 Å². The Morgan fingerprint density at radius 2 is 1.87 bits per heavy atom. The van der Waals surface area contributed by atoms with E-state index in [1.54, 1.807) is 19.1 Å². The number of amides is 1. The minimum atomic E-state index is -2.88. The number of carbonyl (C=O) groups is 1. The topological polar surface area (TPSA) is 58.4 Å². The van der Waals surface area contributed by atoms with E-state index in [0.29, 0.717) is 30.9 Å². The predicted octanol–water partition coefficient (Wildman–Crippen LogP) is 4.64. The van der Waals surface area contributed by atoms with Gasteiger partial charge in [0.15, 0.2) is 0 Å². The molecule has 4 nitrogen and oxygen atoms in total. The molecule has 1 aliphatic heterocycles. The third-order valence-corrected chi connectivity index (χ3v) is 5.89. The van der Waals surface area contributed by atoms with Crippen molar-refractivity contribution in [2.24, 2.45) is 5.73 Å². The summed E-state index contributed by atoms with van der Waals surface area (Å²) in [5, 5.41) is 3.23. The second kappa shape index (κ2) is 10.2. The molecule has 2 rings (SSSR count). The Morgan fingerprint density at radius 1 is 1.23 bits per heavy atom. The maximum atomic E-state index is 13.8. The van der Waals surface area contributed by atoms with Gasteiger partial charge in [-0.1, -0.05) is 32.1 Å². The summed E-state index contributed by atoms with van der Waals surface area (Å²) in [4.78, 5) is 14.6. The number of allylic oxidation sites excluding steroid dienone is 1. The standard InChI is InChI=1S/C24H35F2N3O/c1-6-7-19-8-9-21(24(5,25)26)14-20(19)15-28-18(4)16(2)17(3)23(30)29-12-10-22(27)11-13-29/h8-9,14,22,28H,4,6-7,10-13,15,27H2,1-3,5H3/b17-16+. The number of nitrogens with zero attached hydrogens (tertiary/aromatic N) is 1. The van der Waals surface area contributed by atoms with Crippen LogP contribution in [-0.2, 0) is 23.7 Å². The van der Waals surface area contributed by atoms with Crippen LogP contribution in [0.15, 0.2) is 41.6 Å². The number of piperidine rings is 1. The molecule has 0 unspecified atom stereocenters. The zero-order valence-electron chi connectivity index (χ0n) is 18.7. The Morgan fingerprint density at radius 3 is 2.43 bits per heavy atom. The molecule has 0 aromatic heterocycles. The monoisotopic (exact) mass is 419 g/mol. The highest BCUT2D eigenvalue weighted by molar-refractivity contribution is 5.94. The van der Waals surface area contributed by atoms with E-state index in [0.717, 1.165) is 49.3 Å². The Hall–Kier alpha value is -2.21. The second-order valence-corrected chi connectivity index (χ2v) is 8.33. The lowest BCUT2D eigenvalue weighted by Crippen LogP contribution is -2.43. The number of carbonyl (C=O) groups excluding carboxylic acids is 1. The van der Waals surface area contributed by atoms with Crippen LogP contribution in [-0.4, -0.2) is 29.9 Å². The van der Waals surface area contributed by atoms with Crippen molar-refractivity contribution >= 4 is 5.91 Å². The lowest BCUT2D eigenvalue weighted by molar-refractivity contribution is -0.128. The van der Waals surface area contributed by atoms with E-state index in [9.17, 15) is 13.6 Å². The third kappa shape index (κ3) is 6.14. The van der Waals surface area contributed by atoms with Gasteiger partial charge in [-0.15, -0.1) is 0 Å². The molecule has 30 heavy (non-hydrogen) atoms. The smallest absolute Gasteiger partial charge is 0.270 e. The minimum absolute atomic E-state index is 0.00152. The number of halogens is 2.